The standard InChI is InChI=1S/C14H10Br2O3/c1-8-3-2-4-10(14(17)18)13(8)19-12-6-5-9(15)7-11(12)16/h2-7H,1H3,(H,17,18). The van der Waals surface area contributed by atoms with Gasteiger partial charge in [0.2, 0.25) is 0 Å². The van der Waals surface area contributed by atoms with Crippen LogP contribution in [-0.4, -0.2) is 11.1 Å². The van der Waals surface area contributed by atoms with Crippen molar-refractivity contribution in [3.63, 3.8) is 0 Å². The number of carboxylic acids is 1. The highest BCUT2D eigenvalue weighted by molar-refractivity contribution is 9.11. The van der Waals surface area contributed by atoms with Crippen LogP contribution in [0.5, 0.6) is 11.5 Å². The highest BCUT2D eigenvalue weighted by Gasteiger charge is 2.15. The van der Waals surface area contributed by atoms with E-state index >= 15 is 0 Å². The molecule has 0 saturated carbocycles. The molecule has 2 aromatic carbocycles. The number of aryl methyl sites for hydroxylation is 1. The zero-order valence-corrected chi connectivity index (χ0v) is 13.2. The zero-order chi connectivity index (χ0) is 14.0. The normalized spacial score (nSPS) is 10.3. The van der Waals surface area contributed by atoms with E-state index in [4.69, 9.17) is 4.74 Å². The van der Waals surface area contributed by atoms with Crippen LogP contribution in [0.3, 0.4) is 0 Å². The van der Waals surface area contributed by atoms with Gasteiger partial charge in [-0.1, -0.05) is 28.1 Å². The van der Waals surface area contributed by atoms with Gasteiger partial charge in [-0.05, 0) is 52.7 Å². The zero-order valence-electron chi connectivity index (χ0n) is 9.98. The number of hydrogen-bond donors (Lipinski definition) is 1. The van der Waals surface area contributed by atoms with Crippen molar-refractivity contribution in [3.8, 4) is 11.5 Å². The summed E-state index contributed by atoms with van der Waals surface area (Å²) >= 11 is 6.74. The number of benzene rings is 2. The number of halogens is 2. The topological polar surface area (TPSA) is 46.5 Å². The maximum absolute atomic E-state index is 11.2. The third-order valence-corrected chi connectivity index (χ3v) is 3.66. The Morgan fingerprint density at radius 3 is 2.58 bits per heavy atom. The van der Waals surface area contributed by atoms with E-state index in [0.717, 1.165) is 14.5 Å². The van der Waals surface area contributed by atoms with E-state index in [-0.39, 0.29) is 5.56 Å². The van der Waals surface area contributed by atoms with Crippen LogP contribution >= 0.6 is 31.9 Å². The fraction of sp³-hybridized carbons (Fsp3) is 0.0714. The van der Waals surface area contributed by atoms with Crippen molar-refractivity contribution in [2.24, 2.45) is 0 Å². The number of aromatic carboxylic acids is 1. The molecule has 0 aliphatic rings. The molecule has 98 valence electrons. The predicted molar refractivity (Wildman–Crippen MR) is 80.1 cm³/mol. The fourth-order valence-corrected chi connectivity index (χ4v) is 2.75. The Bertz CT molecular complexity index is 639. The summed E-state index contributed by atoms with van der Waals surface area (Å²) in [4.78, 5) is 11.2. The van der Waals surface area contributed by atoms with Gasteiger partial charge in [-0.15, -0.1) is 0 Å². The van der Waals surface area contributed by atoms with Gasteiger partial charge >= 0.3 is 5.97 Å². The lowest BCUT2D eigenvalue weighted by Gasteiger charge is -2.12. The smallest absolute Gasteiger partial charge is 0.339 e. The highest BCUT2D eigenvalue weighted by Crippen LogP contribution is 2.35. The lowest BCUT2D eigenvalue weighted by atomic mass is 10.1. The molecule has 19 heavy (non-hydrogen) atoms. The summed E-state index contributed by atoms with van der Waals surface area (Å²) in [6.45, 7) is 1.81. The molecule has 2 aromatic rings. The van der Waals surface area contributed by atoms with Gasteiger partial charge in [-0.25, -0.2) is 4.79 Å². The molecule has 0 bridgehead atoms. The van der Waals surface area contributed by atoms with Crippen LogP contribution in [0.15, 0.2) is 45.3 Å². The Labute approximate surface area is 127 Å². The molecular formula is C14H10Br2O3. The second kappa shape index (κ2) is 5.75. The van der Waals surface area contributed by atoms with Gasteiger partial charge in [0, 0.05) is 4.47 Å². The third-order valence-electron chi connectivity index (χ3n) is 2.55. The second-order valence-electron chi connectivity index (χ2n) is 3.93. The minimum Gasteiger partial charge on any atom is -0.478 e. The van der Waals surface area contributed by atoms with Crippen molar-refractivity contribution >= 4 is 37.8 Å². The Morgan fingerprint density at radius 2 is 1.95 bits per heavy atom. The number of hydrogen-bond acceptors (Lipinski definition) is 2. The average molecular weight is 386 g/mol. The van der Waals surface area contributed by atoms with Crippen LogP contribution in [0.2, 0.25) is 0 Å². The molecule has 0 aliphatic carbocycles. The van der Waals surface area contributed by atoms with Crippen LogP contribution in [0, 0.1) is 6.92 Å². The fourth-order valence-electron chi connectivity index (χ4n) is 1.62. The van der Waals surface area contributed by atoms with E-state index in [1.165, 1.54) is 6.07 Å². The summed E-state index contributed by atoms with van der Waals surface area (Å²) in [5.41, 5.74) is 0.921. The van der Waals surface area contributed by atoms with E-state index < -0.39 is 5.97 Å². The third kappa shape index (κ3) is 3.16. The first-order valence-corrected chi connectivity index (χ1v) is 7.03. The molecule has 0 fully saturated rings. The first-order chi connectivity index (χ1) is 8.99. The van der Waals surface area contributed by atoms with Crippen LogP contribution in [0.1, 0.15) is 15.9 Å². The molecule has 2 rings (SSSR count). The molecular weight excluding hydrogens is 376 g/mol. The summed E-state index contributed by atoms with van der Waals surface area (Å²) in [7, 11) is 0. The summed E-state index contributed by atoms with van der Waals surface area (Å²) in [6.07, 6.45) is 0. The van der Waals surface area contributed by atoms with Gasteiger partial charge in [0.05, 0.1) is 4.47 Å². The maximum atomic E-state index is 11.2. The Morgan fingerprint density at radius 1 is 1.21 bits per heavy atom. The molecule has 0 aromatic heterocycles. The maximum Gasteiger partial charge on any atom is 0.339 e. The first kappa shape index (κ1) is 14.1. The highest BCUT2D eigenvalue weighted by atomic mass is 79.9. The minimum atomic E-state index is -1.01. The molecule has 1 N–H and O–H groups in total. The van der Waals surface area contributed by atoms with Crippen molar-refractivity contribution in [1.82, 2.24) is 0 Å². The van der Waals surface area contributed by atoms with Gasteiger partial charge in [-0.2, -0.15) is 0 Å². The van der Waals surface area contributed by atoms with Crippen molar-refractivity contribution in [1.29, 1.82) is 0 Å². The van der Waals surface area contributed by atoms with Crippen molar-refractivity contribution in [2.75, 3.05) is 0 Å². The molecule has 0 saturated heterocycles. The monoisotopic (exact) mass is 384 g/mol. The lowest BCUT2D eigenvalue weighted by Crippen LogP contribution is -2.01. The second-order valence-corrected chi connectivity index (χ2v) is 5.70. The quantitative estimate of drug-likeness (QED) is 0.807. The van der Waals surface area contributed by atoms with Gasteiger partial charge in [0.15, 0.2) is 0 Å². The lowest BCUT2D eigenvalue weighted by molar-refractivity contribution is 0.0694. The number of para-hydroxylation sites is 1. The van der Waals surface area contributed by atoms with E-state index in [0.29, 0.717) is 11.5 Å². The Hall–Kier alpha value is -1.33. The van der Waals surface area contributed by atoms with E-state index in [1.807, 2.05) is 25.1 Å². The number of rotatable bonds is 3. The SMILES string of the molecule is Cc1cccc(C(=O)O)c1Oc1ccc(Br)cc1Br. The molecule has 0 unspecified atom stereocenters. The predicted octanol–water partition coefficient (Wildman–Crippen LogP) is 5.01. The minimum absolute atomic E-state index is 0.148. The van der Waals surface area contributed by atoms with Crippen molar-refractivity contribution in [3.05, 3.63) is 56.5 Å². The number of carboxylic acid groups (broad SMARTS) is 1. The molecule has 5 heteroatoms. The van der Waals surface area contributed by atoms with Crippen LogP contribution in [-0.2, 0) is 0 Å². The van der Waals surface area contributed by atoms with Gasteiger partial charge in [-0.3, -0.25) is 0 Å². The van der Waals surface area contributed by atoms with Gasteiger partial charge < -0.3 is 9.84 Å². The average Bonchev–Trinajstić information content (AvgIpc) is 2.34. The molecule has 0 aliphatic heterocycles. The van der Waals surface area contributed by atoms with E-state index in [9.17, 15) is 9.90 Å². The first-order valence-electron chi connectivity index (χ1n) is 5.45. The molecule has 0 heterocycles. The van der Waals surface area contributed by atoms with Crippen molar-refractivity contribution in [2.45, 2.75) is 6.92 Å². The summed E-state index contributed by atoms with van der Waals surface area (Å²) in [5.74, 6) is -0.0787. The van der Waals surface area contributed by atoms with E-state index in [2.05, 4.69) is 31.9 Å². The summed E-state index contributed by atoms with van der Waals surface area (Å²) in [5, 5.41) is 9.18. The van der Waals surface area contributed by atoms with Crippen LogP contribution < -0.4 is 4.74 Å². The van der Waals surface area contributed by atoms with Gasteiger partial charge in [0.1, 0.15) is 17.1 Å². The van der Waals surface area contributed by atoms with Crippen LogP contribution in [0.4, 0.5) is 0 Å². The molecule has 0 spiro atoms. The number of ether oxygens (including phenoxy) is 1. The summed E-state index contributed by atoms with van der Waals surface area (Å²) < 4.78 is 7.40. The summed E-state index contributed by atoms with van der Waals surface area (Å²) in [6, 6.07) is 10.5. The molecule has 0 radical (unpaired) electrons. The Kier molecular flexibility index (Phi) is 4.27. The Balaban J connectivity index is 2.46. The molecule has 3 nitrogen and oxygen atoms in total. The van der Waals surface area contributed by atoms with Crippen LogP contribution in [0.25, 0.3) is 0 Å². The largest absolute Gasteiger partial charge is 0.478 e. The molecule has 0 atom stereocenters. The molecule has 0 amide bonds. The number of carbonyl (C=O) groups is 1. The van der Waals surface area contributed by atoms with E-state index in [1.54, 1.807) is 12.1 Å². The van der Waals surface area contributed by atoms with Gasteiger partial charge in [0.25, 0.3) is 0 Å². The van der Waals surface area contributed by atoms with Crippen molar-refractivity contribution < 1.29 is 14.6 Å².